The summed E-state index contributed by atoms with van der Waals surface area (Å²) in [5, 5.41) is 6.11. The maximum Gasteiger partial charge on any atom is 0.270 e. The van der Waals surface area contributed by atoms with E-state index in [0.717, 1.165) is 11.4 Å². The highest BCUT2D eigenvalue weighted by Crippen LogP contribution is 2.20. The zero-order chi connectivity index (χ0) is 16.1. The van der Waals surface area contributed by atoms with E-state index in [1.165, 1.54) is 5.56 Å². The van der Waals surface area contributed by atoms with Crippen LogP contribution in [0.15, 0.2) is 42.6 Å². The quantitative estimate of drug-likeness (QED) is 0.874. The molecule has 2 aromatic rings. The number of nitrogens with one attached hydrogen (secondary N) is 2. The van der Waals surface area contributed by atoms with Gasteiger partial charge in [0.1, 0.15) is 5.69 Å². The minimum absolute atomic E-state index is 0.103. The first kappa shape index (κ1) is 16.0. The molecule has 0 radical (unpaired) electrons. The lowest BCUT2D eigenvalue weighted by Crippen LogP contribution is -2.30. The van der Waals surface area contributed by atoms with E-state index in [1.807, 2.05) is 19.9 Å². The van der Waals surface area contributed by atoms with E-state index in [-0.39, 0.29) is 11.9 Å². The van der Waals surface area contributed by atoms with Gasteiger partial charge in [0.25, 0.3) is 5.91 Å². The van der Waals surface area contributed by atoms with Gasteiger partial charge in [-0.2, -0.15) is 0 Å². The van der Waals surface area contributed by atoms with Crippen LogP contribution in [0.4, 0.5) is 11.4 Å². The van der Waals surface area contributed by atoms with Crippen LogP contribution in [0.2, 0.25) is 0 Å². The van der Waals surface area contributed by atoms with Crippen molar-refractivity contribution < 1.29 is 4.79 Å². The summed E-state index contributed by atoms with van der Waals surface area (Å²) in [7, 11) is 0. The normalized spacial score (nSPS) is 10.8. The van der Waals surface area contributed by atoms with Gasteiger partial charge in [-0.25, -0.2) is 4.98 Å². The van der Waals surface area contributed by atoms with Crippen molar-refractivity contribution in [1.82, 2.24) is 10.3 Å². The molecule has 0 aliphatic heterocycles. The van der Waals surface area contributed by atoms with Gasteiger partial charge in [-0.3, -0.25) is 4.79 Å². The van der Waals surface area contributed by atoms with Gasteiger partial charge in [0.05, 0.1) is 11.9 Å². The summed E-state index contributed by atoms with van der Waals surface area (Å²) in [6, 6.07) is 12.0. The SMILES string of the molecule is CC(C)NC(=O)c1ccc(Nc2ccc(C(C)C)cc2)cn1. The third-order valence-corrected chi connectivity index (χ3v) is 3.28. The molecule has 0 saturated heterocycles. The van der Waals surface area contributed by atoms with Crippen molar-refractivity contribution in [3.8, 4) is 0 Å². The molecule has 0 bridgehead atoms. The Hall–Kier alpha value is -2.36. The van der Waals surface area contributed by atoms with Crippen LogP contribution >= 0.6 is 0 Å². The fourth-order valence-electron chi connectivity index (χ4n) is 2.06. The summed E-state index contributed by atoms with van der Waals surface area (Å²) in [5.74, 6) is 0.373. The van der Waals surface area contributed by atoms with Gasteiger partial charge in [0.15, 0.2) is 0 Å². The van der Waals surface area contributed by atoms with E-state index in [1.54, 1.807) is 12.3 Å². The summed E-state index contributed by atoms with van der Waals surface area (Å²) >= 11 is 0. The molecule has 0 saturated carbocycles. The van der Waals surface area contributed by atoms with Crippen LogP contribution in [0, 0.1) is 0 Å². The van der Waals surface area contributed by atoms with Crippen LogP contribution in [-0.2, 0) is 0 Å². The second kappa shape index (κ2) is 7.07. The average Bonchev–Trinajstić information content (AvgIpc) is 2.48. The lowest BCUT2D eigenvalue weighted by atomic mass is 10.0. The standard InChI is InChI=1S/C18H23N3O/c1-12(2)14-5-7-15(8-6-14)21-16-9-10-17(19-11-16)18(22)20-13(3)4/h5-13,21H,1-4H3,(H,20,22). The van der Waals surface area contributed by atoms with Crippen LogP contribution in [0.25, 0.3) is 0 Å². The number of aromatic nitrogens is 1. The third-order valence-electron chi connectivity index (χ3n) is 3.28. The summed E-state index contributed by atoms with van der Waals surface area (Å²) in [6.45, 7) is 8.20. The molecule has 2 N–H and O–H groups in total. The fourth-order valence-corrected chi connectivity index (χ4v) is 2.06. The zero-order valence-electron chi connectivity index (χ0n) is 13.6. The molecular formula is C18H23N3O. The first-order valence-corrected chi connectivity index (χ1v) is 7.59. The minimum atomic E-state index is -0.150. The van der Waals surface area contributed by atoms with Crippen LogP contribution < -0.4 is 10.6 Å². The second-order valence-corrected chi connectivity index (χ2v) is 5.96. The van der Waals surface area contributed by atoms with E-state index in [4.69, 9.17) is 0 Å². The molecule has 0 unspecified atom stereocenters. The number of benzene rings is 1. The van der Waals surface area contributed by atoms with E-state index in [9.17, 15) is 4.79 Å². The number of rotatable bonds is 5. The number of pyridine rings is 1. The molecule has 1 amide bonds. The number of amides is 1. The molecule has 0 spiro atoms. The maximum absolute atomic E-state index is 11.8. The summed E-state index contributed by atoms with van der Waals surface area (Å²) in [5.41, 5.74) is 3.60. The Morgan fingerprint density at radius 1 is 0.955 bits per heavy atom. The van der Waals surface area contributed by atoms with Crippen LogP contribution in [-0.4, -0.2) is 16.9 Å². The molecule has 22 heavy (non-hydrogen) atoms. The fraction of sp³-hybridized carbons (Fsp3) is 0.333. The Balaban J connectivity index is 2.03. The molecule has 1 heterocycles. The molecular weight excluding hydrogens is 274 g/mol. The van der Waals surface area contributed by atoms with Gasteiger partial charge in [-0.05, 0) is 49.6 Å². The predicted molar refractivity (Wildman–Crippen MR) is 90.7 cm³/mol. The Morgan fingerprint density at radius 2 is 1.59 bits per heavy atom. The highest BCUT2D eigenvalue weighted by atomic mass is 16.1. The summed E-state index contributed by atoms with van der Waals surface area (Å²) in [6.07, 6.45) is 1.67. The van der Waals surface area contributed by atoms with Gasteiger partial charge in [-0.15, -0.1) is 0 Å². The van der Waals surface area contributed by atoms with Gasteiger partial charge in [0, 0.05) is 11.7 Å². The van der Waals surface area contributed by atoms with Crippen LogP contribution in [0.3, 0.4) is 0 Å². The number of anilines is 2. The third kappa shape index (κ3) is 4.32. The molecule has 4 nitrogen and oxygen atoms in total. The van der Waals surface area contributed by atoms with Gasteiger partial charge < -0.3 is 10.6 Å². The van der Waals surface area contributed by atoms with Crippen molar-refractivity contribution in [2.24, 2.45) is 0 Å². The van der Waals surface area contributed by atoms with Crippen molar-refractivity contribution in [3.05, 3.63) is 53.9 Å². The van der Waals surface area contributed by atoms with Crippen molar-refractivity contribution in [3.63, 3.8) is 0 Å². The molecule has 0 aliphatic rings. The number of carbonyl (C=O) groups is 1. The molecule has 0 aliphatic carbocycles. The molecule has 2 rings (SSSR count). The van der Waals surface area contributed by atoms with E-state index >= 15 is 0 Å². The monoisotopic (exact) mass is 297 g/mol. The minimum Gasteiger partial charge on any atom is -0.354 e. The Labute approximate surface area is 132 Å². The first-order chi connectivity index (χ1) is 10.5. The molecule has 0 fully saturated rings. The topological polar surface area (TPSA) is 54.0 Å². The molecule has 1 aromatic carbocycles. The second-order valence-electron chi connectivity index (χ2n) is 5.96. The number of hydrogen-bond donors (Lipinski definition) is 2. The van der Waals surface area contributed by atoms with Crippen molar-refractivity contribution >= 4 is 17.3 Å². The van der Waals surface area contributed by atoms with Crippen molar-refractivity contribution in [1.29, 1.82) is 0 Å². The Bertz CT molecular complexity index is 616. The first-order valence-electron chi connectivity index (χ1n) is 7.59. The average molecular weight is 297 g/mol. The van der Waals surface area contributed by atoms with E-state index in [0.29, 0.717) is 11.6 Å². The molecule has 4 heteroatoms. The Kier molecular flexibility index (Phi) is 5.15. The van der Waals surface area contributed by atoms with Crippen LogP contribution in [0.5, 0.6) is 0 Å². The number of hydrogen-bond acceptors (Lipinski definition) is 3. The molecule has 1 aromatic heterocycles. The van der Waals surface area contributed by atoms with E-state index in [2.05, 4.69) is 53.7 Å². The maximum atomic E-state index is 11.8. The largest absolute Gasteiger partial charge is 0.354 e. The summed E-state index contributed by atoms with van der Waals surface area (Å²) < 4.78 is 0. The summed E-state index contributed by atoms with van der Waals surface area (Å²) in [4.78, 5) is 16.0. The number of carbonyl (C=O) groups excluding carboxylic acids is 1. The highest BCUT2D eigenvalue weighted by Gasteiger charge is 2.08. The molecule has 116 valence electrons. The zero-order valence-corrected chi connectivity index (χ0v) is 13.6. The van der Waals surface area contributed by atoms with Crippen molar-refractivity contribution in [2.75, 3.05) is 5.32 Å². The van der Waals surface area contributed by atoms with Crippen molar-refractivity contribution in [2.45, 2.75) is 39.7 Å². The highest BCUT2D eigenvalue weighted by molar-refractivity contribution is 5.92. The predicted octanol–water partition coefficient (Wildman–Crippen LogP) is 4.09. The lowest BCUT2D eigenvalue weighted by molar-refractivity contribution is 0.0938. The van der Waals surface area contributed by atoms with Gasteiger partial charge in [0.2, 0.25) is 0 Å². The van der Waals surface area contributed by atoms with Crippen LogP contribution in [0.1, 0.15) is 49.7 Å². The lowest BCUT2D eigenvalue weighted by Gasteiger charge is -2.10. The van der Waals surface area contributed by atoms with Gasteiger partial charge in [-0.1, -0.05) is 26.0 Å². The van der Waals surface area contributed by atoms with Gasteiger partial charge >= 0.3 is 0 Å². The van der Waals surface area contributed by atoms with E-state index < -0.39 is 0 Å². The number of nitrogens with zero attached hydrogens (tertiary/aromatic N) is 1. The molecule has 0 atom stereocenters. The Morgan fingerprint density at radius 3 is 2.09 bits per heavy atom. The smallest absolute Gasteiger partial charge is 0.270 e.